The molecule has 1 fully saturated rings. The molecular weight excluding hydrogens is 216 g/mol. The summed E-state index contributed by atoms with van der Waals surface area (Å²) in [5.74, 6) is 2.26. The number of ether oxygens (including phenoxy) is 1. The van der Waals surface area contributed by atoms with E-state index in [4.69, 9.17) is 4.74 Å². The third kappa shape index (κ3) is 3.56. The van der Waals surface area contributed by atoms with Gasteiger partial charge in [0.15, 0.2) is 0 Å². The summed E-state index contributed by atoms with van der Waals surface area (Å²) in [6.07, 6.45) is 2.26. The molecule has 2 heterocycles. The van der Waals surface area contributed by atoms with Gasteiger partial charge in [0, 0.05) is 12.1 Å². The number of aromatic nitrogens is 2. The molecule has 0 unspecified atom stereocenters. The summed E-state index contributed by atoms with van der Waals surface area (Å²) >= 11 is 0. The summed E-state index contributed by atoms with van der Waals surface area (Å²) in [6, 6.07) is 2.37. The average molecular weight is 236 g/mol. The molecule has 1 aliphatic rings. The van der Waals surface area contributed by atoms with Gasteiger partial charge < -0.3 is 15.4 Å². The van der Waals surface area contributed by atoms with Crippen molar-refractivity contribution < 1.29 is 4.74 Å². The Kier molecular flexibility index (Phi) is 4.14. The zero-order valence-corrected chi connectivity index (χ0v) is 10.5. The van der Waals surface area contributed by atoms with Crippen molar-refractivity contribution in [3.05, 3.63) is 11.9 Å². The number of aryl methyl sites for hydroxylation is 1. The van der Waals surface area contributed by atoms with Crippen molar-refractivity contribution in [2.45, 2.75) is 32.7 Å². The van der Waals surface area contributed by atoms with E-state index in [0.29, 0.717) is 18.5 Å². The van der Waals surface area contributed by atoms with Crippen LogP contribution in [0.2, 0.25) is 0 Å². The number of anilines is 1. The number of nitrogens with zero attached hydrogens (tertiary/aromatic N) is 2. The maximum Gasteiger partial charge on any atom is 0.218 e. The topological polar surface area (TPSA) is 59.1 Å². The van der Waals surface area contributed by atoms with Gasteiger partial charge in [-0.25, -0.2) is 4.98 Å². The molecule has 0 saturated carbocycles. The van der Waals surface area contributed by atoms with Crippen molar-refractivity contribution >= 4 is 5.82 Å². The molecule has 2 N–H and O–H groups in total. The lowest BCUT2D eigenvalue weighted by atomic mass is 10.1. The molecule has 1 aliphatic heterocycles. The van der Waals surface area contributed by atoms with E-state index < -0.39 is 0 Å². The minimum Gasteiger partial charge on any atom is -0.478 e. The van der Waals surface area contributed by atoms with Crippen LogP contribution in [0.3, 0.4) is 0 Å². The van der Waals surface area contributed by atoms with Gasteiger partial charge in [-0.3, -0.25) is 0 Å². The summed E-state index contributed by atoms with van der Waals surface area (Å²) in [5.41, 5.74) is 0. The van der Waals surface area contributed by atoms with Crippen LogP contribution in [-0.4, -0.2) is 35.7 Å². The van der Waals surface area contributed by atoms with E-state index in [-0.39, 0.29) is 0 Å². The lowest BCUT2D eigenvalue weighted by molar-refractivity contribution is 0.325. The highest BCUT2D eigenvalue weighted by Gasteiger charge is 2.13. The van der Waals surface area contributed by atoms with Gasteiger partial charge in [-0.2, -0.15) is 4.98 Å². The number of hydrogen-bond acceptors (Lipinski definition) is 5. The Labute approximate surface area is 102 Å². The second-order valence-electron chi connectivity index (χ2n) is 4.24. The normalized spacial score (nSPS) is 16.8. The van der Waals surface area contributed by atoms with Gasteiger partial charge in [-0.05, 0) is 39.8 Å². The molecule has 0 bridgehead atoms. The maximum atomic E-state index is 5.41. The number of rotatable bonds is 4. The first-order chi connectivity index (χ1) is 8.28. The highest BCUT2D eigenvalue weighted by atomic mass is 16.5. The molecule has 1 aromatic rings. The van der Waals surface area contributed by atoms with Crippen LogP contribution in [-0.2, 0) is 0 Å². The van der Waals surface area contributed by atoms with Crippen LogP contribution in [0.5, 0.6) is 5.88 Å². The Bertz CT molecular complexity index is 364. The standard InChI is InChI=1S/C12H20N4O/c1-3-17-12-8-11(14-9(2)15-12)16-10-4-6-13-7-5-10/h8,10,13H,3-7H2,1-2H3,(H,14,15,16). The van der Waals surface area contributed by atoms with Crippen LogP contribution >= 0.6 is 0 Å². The molecule has 0 aromatic carbocycles. The zero-order valence-electron chi connectivity index (χ0n) is 10.5. The summed E-state index contributed by atoms with van der Waals surface area (Å²) in [7, 11) is 0. The Morgan fingerprint density at radius 3 is 2.88 bits per heavy atom. The first-order valence-electron chi connectivity index (χ1n) is 6.23. The van der Waals surface area contributed by atoms with Crippen LogP contribution < -0.4 is 15.4 Å². The molecule has 0 spiro atoms. The molecular formula is C12H20N4O. The van der Waals surface area contributed by atoms with Crippen molar-refractivity contribution in [2.24, 2.45) is 0 Å². The van der Waals surface area contributed by atoms with Gasteiger partial charge in [0.25, 0.3) is 0 Å². The van der Waals surface area contributed by atoms with E-state index in [1.807, 2.05) is 19.9 Å². The Balaban J connectivity index is 2.03. The molecule has 2 rings (SSSR count). The van der Waals surface area contributed by atoms with E-state index in [2.05, 4.69) is 20.6 Å². The van der Waals surface area contributed by atoms with E-state index in [9.17, 15) is 0 Å². The highest BCUT2D eigenvalue weighted by Crippen LogP contribution is 2.16. The number of hydrogen-bond donors (Lipinski definition) is 2. The first kappa shape index (κ1) is 12.1. The quantitative estimate of drug-likeness (QED) is 0.826. The number of piperidine rings is 1. The van der Waals surface area contributed by atoms with Crippen LogP contribution in [0.15, 0.2) is 6.07 Å². The molecule has 5 nitrogen and oxygen atoms in total. The largest absolute Gasteiger partial charge is 0.478 e. The lowest BCUT2D eigenvalue weighted by Crippen LogP contribution is -2.35. The predicted molar refractivity (Wildman–Crippen MR) is 67.5 cm³/mol. The second kappa shape index (κ2) is 5.82. The predicted octanol–water partition coefficient (Wildman–Crippen LogP) is 1.35. The Morgan fingerprint density at radius 2 is 2.18 bits per heavy atom. The van der Waals surface area contributed by atoms with Crippen molar-refractivity contribution in [3.63, 3.8) is 0 Å². The van der Waals surface area contributed by atoms with Crippen LogP contribution in [0.4, 0.5) is 5.82 Å². The van der Waals surface area contributed by atoms with Gasteiger partial charge in [0.2, 0.25) is 5.88 Å². The third-order valence-electron chi connectivity index (χ3n) is 2.80. The fourth-order valence-electron chi connectivity index (χ4n) is 2.01. The van der Waals surface area contributed by atoms with Crippen molar-refractivity contribution in [1.29, 1.82) is 0 Å². The van der Waals surface area contributed by atoms with E-state index in [1.54, 1.807) is 0 Å². The lowest BCUT2D eigenvalue weighted by Gasteiger charge is -2.24. The fraction of sp³-hybridized carbons (Fsp3) is 0.667. The van der Waals surface area contributed by atoms with Gasteiger partial charge in [-0.1, -0.05) is 0 Å². The van der Waals surface area contributed by atoms with Crippen molar-refractivity contribution in [2.75, 3.05) is 25.0 Å². The summed E-state index contributed by atoms with van der Waals surface area (Å²) < 4.78 is 5.41. The average Bonchev–Trinajstić information content (AvgIpc) is 2.30. The third-order valence-corrected chi connectivity index (χ3v) is 2.80. The highest BCUT2D eigenvalue weighted by molar-refractivity contribution is 5.39. The molecule has 5 heteroatoms. The van der Waals surface area contributed by atoms with Gasteiger partial charge in [-0.15, -0.1) is 0 Å². The molecule has 0 amide bonds. The molecule has 0 aliphatic carbocycles. The SMILES string of the molecule is CCOc1cc(NC2CCNCC2)nc(C)n1. The maximum absolute atomic E-state index is 5.41. The van der Waals surface area contributed by atoms with Gasteiger partial charge in [0.05, 0.1) is 6.61 Å². The Hall–Kier alpha value is -1.36. The molecule has 0 radical (unpaired) electrons. The molecule has 17 heavy (non-hydrogen) atoms. The van der Waals surface area contributed by atoms with E-state index >= 15 is 0 Å². The van der Waals surface area contributed by atoms with E-state index in [0.717, 1.165) is 37.6 Å². The minimum atomic E-state index is 0.500. The van der Waals surface area contributed by atoms with Gasteiger partial charge in [0.1, 0.15) is 11.6 Å². The molecule has 1 aromatic heterocycles. The van der Waals surface area contributed by atoms with Crippen molar-refractivity contribution in [1.82, 2.24) is 15.3 Å². The monoisotopic (exact) mass is 236 g/mol. The summed E-state index contributed by atoms with van der Waals surface area (Å²) in [5, 5.41) is 6.80. The Morgan fingerprint density at radius 1 is 1.41 bits per heavy atom. The molecule has 94 valence electrons. The summed E-state index contributed by atoms with van der Waals surface area (Å²) in [6.45, 7) is 6.61. The molecule has 0 atom stereocenters. The minimum absolute atomic E-state index is 0.500. The smallest absolute Gasteiger partial charge is 0.218 e. The van der Waals surface area contributed by atoms with Gasteiger partial charge >= 0.3 is 0 Å². The molecule has 1 saturated heterocycles. The van der Waals surface area contributed by atoms with E-state index in [1.165, 1.54) is 0 Å². The fourth-order valence-corrected chi connectivity index (χ4v) is 2.01. The zero-order chi connectivity index (χ0) is 12.1. The van der Waals surface area contributed by atoms with Crippen LogP contribution in [0, 0.1) is 6.92 Å². The second-order valence-corrected chi connectivity index (χ2v) is 4.24. The number of nitrogens with one attached hydrogen (secondary N) is 2. The summed E-state index contributed by atoms with van der Waals surface area (Å²) in [4.78, 5) is 8.62. The van der Waals surface area contributed by atoms with Crippen LogP contribution in [0.1, 0.15) is 25.6 Å². The van der Waals surface area contributed by atoms with Crippen LogP contribution in [0.25, 0.3) is 0 Å². The van der Waals surface area contributed by atoms with Crippen molar-refractivity contribution in [3.8, 4) is 5.88 Å². The first-order valence-corrected chi connectivity index (χ1v) is 6.23.